The van der Waals surface area contributed by atoms with E-state index in [-0.39, 0.29) is 39.5 Å². The molecule has 1 unspecified atom stereocenters. The number of aromatic nitrogens is 8. The highest BCUT2D eigenvalue weighted by Crippen LogP contribution is 2.34. The Balaban J connectivity index is 1.55. The van der Waals surface area contributed by atoms with Gasteiger partial charge in [-0.3, -0.25) is 9.67 Å². The number of alkyl halides is 2. The summed E-state index contributed by atoms with van der Waals surface area (Å²) >= 11 is 6.01. The Morgan fingerprint density at radius 3 is 2.64 bits per heavy atom. The van der Waals surface area contributed by atoms with Gasteiger partial charge in [0.1, 0.15) is 18.2 Å². The number of tetrazole rings is 1. The third-order valence-corrected chi connectivity index (χ3v) is 6.17. The summed E-state index contributed by atoms with van der Waals surface area (Å²) < 4.78 is 62.2. The first-order chi connectivity index (χ1) is 18.8. The number of nitrogens with zero attached hydrogens (tertiary/aromatic N) is 8. The van der Waals surface area contributed by atoms with Gasteiger partial charge in [0.2, 0.25) is 5.69 Å². The van der Waals surface area contributed by atoms with Gasteiger partial charge in [0.15, 0.2) is 12.0 Å². The van der Waals surface area contributed by atoms with Gasteiger partial charge >= 0.3 is 6.61 Å². The number of hydrogen-bond acceptors (Lipinski definition) is 7. The number of hydrogen-bond donors (Lipinski definition) is 0. The topological polar surface area (TPSA) is 110 Å². The largest absolute Gasteiger partial charge is 0.618 e. The number of ether oxygens (including phenoxy) is 1. The van der Waals surface area contributed by atoms with Crippen molar-refractivity contribution in [2.45, 2.75) is 19.1 Å². The van der Waals surface area contributed by atoms with Crippen molar-refractivity contribution in [2.75, 3.05) is 6.61 Å². The lowest BCUT2D eigenvalue weighted by Gasteiger charge is -2.18. The lowest BCUT2D eigenvalue weighted by molar-refractivity contribution is -0.615. The zero-order valence-corrected chi connectivity index (χ0v) is 20.5. The van der Waals surface area contributed by atoms with Gasteiger partial charge in [0.25, 0.3) is 0 Å². The van der Waals surface area contributed by atoms with E-state index in [1.165, 1.54) is 64.6 Å². The van der Waals surface area contributed by atoms with Gasteiger partial charge in [-0.2, -0.15) is 23.3 Å². The average Bonchev–Trinajstić information content (AvgIpc) is 3.62. The Morgan fingerprint density at radius 2 is 1.92 bits per heavy atom. The third-order valence-electron chi connectivity index (χ3n) is 5.88. The van der Waals surface area contributed by atoms with Crippen LogP contribution in [-0.2, 0) is 4.74 Å². The van der Waals surface area contributed by atoms with E-state index >= 15 is 4.39 Å². The van der Waals surface area contributed by atoms with E-state index in [9.17, 15) is 18.4 Å². The van der Waals surface area contributed by atoms with E-state index in [0.29, 0.717) is 10.3 Å². The SMILES string of the molecule is [O-][n+]1cc(-c2c(-n3cnnn3)ccc(Cl)c2F)ccc1C(CCOC(F)F)n1cc(-c2ccncc2F)cn1. The van der Waals surface area contributed by atoms with Gasteiger partial charge in [-0.15, -0.1) is 5.10 Å². The molecule has 15 heteroatoms. The Morgan fingerprint density at radius 1 is 1.08 bits per heavy atom. The molecule has 0 saturated carbocycles. The number of halogens is 5. The van der Waals surface area contributed by atoms with Crippen LogP contribution in [0.5, 0.6) is 0 Å². The molecule has 0 saturated heterocycles. The van der Waals surface area contributed by atoms with Crippen LogP contribution in [0, 0.1) is 16.8 Å². The van der Waals surface area contributed by atoms with E-state index < -0.39 is 30.9 Å². The predicted molar refractivity (Wildman–Crippen MR) is 129 cm³/mol. The molecule has 0 amide bonds. The lowest BCUT2D eigenvalue weighted by Crippen LogP contribution is -2.36. The van der Waals surface area contributed by atoms with Crippen molar-refractivity contribution >= 4 is 11.6 Å². The highest BCUT2D eigenvalue weighted by molar-refractivity contribution is 6.31. The van der Waals surface area contributed by atoms with Crippen molar-refractivity contribution in [1.29, 1.82) is 0 Å². The van der Waals surface area contributed by atoms with Crippen molar-refractivity contribution < 1.29 is 27.0 Å². The first-order valence-electron chi connectivity index (χ1n) is 11.3. The first-order valence-corrected chi connectivity index (χ1v) is 11.7. The Kier molecular flexibility index (Phi) is 7.47. The van der Waals surface area contributed by atoms with Crippen molar-refractivity contribution in [3.05, 3.63) is 95.2 Å². The van der Waals surface area contributed by atoms with Gasteiger partial charge in [0, 0.05) is 36.0 Å². The Bertz CT molecular complexity index is 1600. The predicted octanol–water partition coefficient (Wildman–Crippen LogP) is 4.37. The molecule has 0 spiro atoms. The standard InChI is InChI=1S/C24H17ClF4N8O2/c25-17-2-4-21(36-13-31-33-34-36)22(23(17)27)14-1-3-20(37(38)12-14)19(6-8-39-24(28)29)35-11-15(9-32-35)16-5-7-30-10-18(16)26/h1-5,7,9-13,19,24H,6,8H2. The van der Waals surface area contributed by atoms with Crippen LogP contribution in [-0.4, -0.2) is 48.2 Å². The van der Waals surface area contributed by atoms with Gasteiger partial charge in [0.05, 0.1) is 40.8 Å². The molecule has 1 aromatic carbocycles. The first kappa shape index (κ1) is 26.2. The summed E-state index contributed by atoms with van der Waals surface area (Å²) in [5.74, 6) is -1.38. The minimum Gasteiger partial charge on any atom is -0.618 e. The molecule has 200 valence electrons. The fourth-order valence-corrected chi connectivity index (χ4v) is 4.27. The fourth-order valence-electron chi connectivity index (χ4n) is 4.12. The molecule has 0 radical (unpaired) electrons. The van der Waals surface area contributed by atoms with E-state index in [4.69, 9.17) is 11.6 Å². The molecular weight excluding hydrogens is 544 g/mol. The van der Waals surface area contributed by atoms with E-state index in [1.54, 1.807) is 0 Å². The van der Waals surface area contributed by atoms with Crippen molar-refractivity contribution in [3.63, 3.8) is 0 Å². The molecule has 5 aromatic rings. The molecule has 0 N–H and O–H groups in total. The minimum absolute atomic E-state index is 0.0296. The van der Waals surface area contributed by atoms with Gasteiger partial charge in [-0.1, -0.05) is 11.6 Å². The van der Waals surface area contributed by atoms with E-state index in [1.807, 2.05) is 0 Å². The Hall–Kier alpha value is -4.43. The average molecular weight is 561 g/mol. The van der Waals surface area contributed by atoms with Crippen molar-refractivity contribution in [2.24, 2.45) is 0 Å². The summed E-state index contributed by atoms with van der Waals surface area (Å²) in [6.45, 7) is -3.42. The molecule has 10 nitrogen and oxygen atoms in total. The number of pyridine rings is 2. The highest BCUT2D eigenvalue weighted by Gasteiger charge is 2.26. The van der Waals surface area contributed by atoms with Crippen LogP contribution in [0.25, 0.3) is 27.9 Å². The minimum atomic E-state index is -3.01. The van der Waals surface area contributed by atoms with Crippen LogP contribution in [0.2, 0.25) is 5.02 Å². The number of benzene rings is 1. The molecule has 1 atom stereocenters. The maximum atomic E-state index is 15.2. The molecule has 4 aromatic heterocycles. The highest BCUT2D eigenvalue weighted by atomic mass is 35.5. The fraction of sp³-hybridized carbons (Fsp3) is 0.167. The smallest absolute Gasteiger partial charge is 0.345 e. The molecule has 0 aliphatic rings. The summed E-state index contributed by atoms with van der Waals surface area (Å²) in [6, 6.07) is 6.27. The Labute approximate surface area is 222 Å². The van der Waals surface area contributed by atoms with Gasteiger partial charge in [-0.25, -0.2) is 8.78 Å². The maximum absolute atomic E-state index is 15.2. The van der Waals surface area contributed by atoms with Crippen LogP contribution >= 0.6 is 11.6 Å². The molecule has 39 heavy (non-hydrogen) atoms. The molecule has 0 fully saturated rings. The van der Waals surface area contributed by atoms with Crippen LogP contribution in [0.15, 0.2) is 67.6 Å². The summed E-state index contributed by atoms with van der Waals surface area (Å²) in [7, 11) is 0. The second kappa shape index (κ2) is 11.1. The van der Waals surface area contributed by atoms with E-state index in [2.05, 4.69) is 30.3 Å². The van der Waals surface area contributed by atoms with Crippen LogP contribution in [0.1, 0.15) is 18.2 Å². The quantitative estimate of drug-likeness (QED) is 0.149. The van der Waals surface area contributed by atoms with Crippen LogP contribution < -0.4 is 4.73 Å². The monoisotopic (exact) mass is 560 g/mol. The van der Waals surface area contributed by atoms with Gasteiger partial charge < -0.3 is 9.94 Å². The molecular formula is C24H17ClF4N8O2. The summed E-state index contributed by atoms with van der Waals surface area (Å²) in [4.78, 5) is 3.71. The zero-order chi connectivity index (χ0) is 27.5. The van der Waals surface area contributed by atoms with Gasteiger partial charge in [-0.05, 0) is 34.7 Å². The zero-order valence-electron chi connectivity index (χ0n) is 19.7. The second-order valence-electron chi connectivity index (χ2n) is 8.18. The number of rotatable bonds is 9. The summed E-state index contributed by atoms with van der Waals surface area (Å²) in [6.07, 6.45) is 7.61. The third kappa shape index (κ3) is 5.42. The second-order valence-corrected chi connectivity index (χ2v) is 8.59. The normalized spacial score (nSPS) is 12.3. The molecule has 0 aliphatic heterocycles. The lowest BCUT2D eigenvalue weighted by atomic mass is 10.0. The molecule has 4 heterocycles. The molecule has 0 aliphatic carbocycles. The molecule has 0 bridgehead atoms. The summed E-state index contributed by atoms with van der Waals surface area (Å²) in [5.41, 5.74) is 1.05. The summed E-state index contributed by atoms with van der Waals surface area (Å²) in [5, 5.41) is 28.2. The maximum Gasteiger partial charge on any atom is 0.345 e. The van der Waals surface area contributed by atoms with Crippen molar-refractivity contribution in [3.8, 4) is 27.9 Å². The molecule has 5 rings (SSSR count). The van der Waals surface area contributed by atoms with Crippen molar-refractivity contribution in [1.82, 2.24) is 35.0 Å². The van der Waals surface area contributed by atoms with Crippen LogP contribution in [0.3, 0.4) is 0 Å². The van der Waals surface area contributed by atoms with Crippen LogP contribution in [0.4, 0.5) is 17.6 Å². The van der Waals surface area contributed by atoms with E-state index in [0.717, 1.165) is 12.4 Å².